The van der Waals surface area contributed by atoms with E-state index in [4.69, 9.17) is 21.1 Å². The summed E-state index contributed by atoms with van der Waals surface area (Å²) >= 11 is 5.73. The monoisotopic (exact) mass is 256 g/mol. The van der Waals surface area contributed by atoms with E-state index in [1.165, 1.54) is 0 Å². The topological polar surface area (TPSA) is 35.5 Å². The van der Waals surface area contributed by atoms with Crippen molar-refractivity contribution in [2.45, 2.75) is 13.3 Å². The van der Waals surface area contributed by atoms with Crippen molar-refractivity contribution in [1.82, 2.24) is 0 Å². The molecule has 0 aromatic heterocycles. The zero-order valence-corrected chi connectivity index (χ0v) is 10.7. The molecule has 0 N–H and O–H groups in total. The third-order valence-corrected chi connectivity index (χ3v) is 2.37. The molecule has 0 radical (unpaired) electrons. The van der Waals surface area contributed by atoms with Crippen molar-refractivity contribution in [3.05, 3.63) is 34.9 Å². The lowest BCUT2D eigenvalue weighted by Crippen LogP contribution is -2.12. The predicted molar refractivity (Wildman–Crippen MR) is 67.7 cm³/mol. The van der Waals surface area contributed by atoms with E-state index in [2.05, 4.69) is 0 Å². The van der Waals surface area contributed by atoms with E-state index in [-0.39, 0.29) is 12.4 Å². The van der Waals surface area contributed by atoms with E-state index in [0.717, 1.165) is 13.0 Å². The number of Topliss-reactive ketones (excluding diaryl/α,β-unsaturated/α-hetero) is 1. The number of carbonyl (C=O) groups is 1. The first kappa shape index (κ1) is 14.2. The van der Waals surface area contributed by atoms with E-state index < -0.39 is 0 Å². The Kier molecular flexibility index (Phi) is 6.86. The number of halogens is 1. The highest BCUT2D eigenvalue weighted by atomic mass is 35.5. The average molecular weight is 257 g/mol. The zero-order valence-electron chi connectivity index (χ0n) is 9.95. The molecule has 4 heteroatoms. The highest BCUT2D eigenvalue weighted by Gasteiger charge is 2.05. The van der Waals surface area contributed by atoms with Gasteiger partial charge in [0.15, 0.2) is 5.78 Å². The van der Waals surface area contributed by atoms with E-state index >= 15 is 0 Å². The van der Waals surface area contributed by atoms with E-state index in [1.807, 2.05) is 6.92 Å². The summed E-state index contributed by atoms with van der Waals surface area (Å²) in [6, 6.07) is 6.78. The van der Waals surface area contributed by atoms with Crippen LogP contribution in [0.15, 0.2) is 24.3 Å². The summed E-state index contributed by atoms with van der Waals surface area (Å²) in [4.78, 5) is 11.6. The highest BCUT2D eigenvalue weighted by Crippen LogP contribution is 2.09. The molecule has 0 atom stereocenters. The summed E-state index contributed by atoms with van der Waals surface area (Å²) in [5.74, 6) is -0.0443. The molecule has 0 fully saturated rings. The van der Waals surface area contributed by atoms with Crippen molar-refractivity contribution >= 4 is 17.4 Å². The Morgan fingerprint density at radius 3 is 2.41 bits per heavy atom. The molecule has 0 bridgehead atoms. The fourth-order valence-electron chi connectivity index (χ4n) is 1.25. The fraction of sp³-hybridized carbons (Fsp3) is 0.462. The van der Waals surface area contributed by atoms with Crippen molar-refractivity contribution in [3.63, 3.8) is 0 Å². The molecule has 1 rings (SSSR count). The molecule has 0 saturated carbocycles. The molecule has 1 aromatic carbocycles. The van der Waals surface area contributed by atoms with Gasteiger partial charge in [0.1, 0.15) is 6.61 Å². The number of hydrogen-bond donors (Lipinski definition) is 0. The Balaban J connectivity index is 2.19. The van der Waals surface area contributed by atoms with Crippen LogP contribution in [0.3, 0.4) is 0 Å². The molecule has 0 amide bonds. The lowest BCUT2D eigenvalue weighted by molar-refractivity contribution is 0.0441. The quantitative estimate of drug-likeness (QED) is 0.530. The SMILES string of the molecule is CCCOCCOCC(=O)c1ccc(Cl)cc1. The first-order valence-electron chi connectivity index (χ1n) is 5.68. The van der Waals surface area contributed by atoms with Gasteiger partial charge in [-0.05, 0) is 30.7 Å². The minimum absolute atomic E-state index is 0.0443. The summed E-state index contributed by atoms with van der Waals surface area (Å²) in [6.07, 6.45) is 0.990. The van der Waals surface area contributed by atoms with Crippen LogP contribution >= 0.6 is 11.6 Å². The van der Waals surface area contributed by atoms with Gasteiger partial charge in [-0.25, -0.2) is 0 Å². The van der Waals surface area contributed by atoms with Crippen molar-refractivity contribution in [3.8, 4) is 0 Å². The van der Waals surface area contributed by atoms with Gasteiger partial charge >= 0.3 is 0 Å². The lowest BCUT2D eigenvalue weighted by Gasteiger charge is -2.04. The van der Waals surface area contributed by atoms with Gasteiger partial charge < -0.3 is 9.47 Å². The van der Waals surface area contributed by atoms with Crippen LogP contribution in [0.5, 0.6) is 0 Å². The van der Waals surface area contributed by atoms with Crippen molar-refractivity contribution in [1.29, 1.82) is 0 Å². The van der Waals surface area contributed by atoms with Crippen LogP contribution in [0.4, 0.5) is 0 Å². The zero-order chi connectivity index (χ0) is 12.5. The standard InChI is InChI=1S/C13H17ClO3/c1-2-7-16-8-9-17-10-13(15)11-3-5-12(14)6-4-11/h3-6H,2,7-10H2,1H3. The molecule has 0 heterocycles. The normalized spacial score (nSPS) is 10.5. The molecule has 94 valence electrons. The van der Waals surface area contributed by atoms with Gasteiger partial charge in [0.2, 0.25) is 0 Å². The molecule has 0 unspecified atom stereocenters. The van der Waals surface area contributed by atoms with Crippen LogP contribution in [-0.4, -0.2) is 32.2 Å². The minimum Gasteiger partial charge on any atom is -0.379 e. The molecular formula is C13H17ClO3. The Labute approximate surface area is 107 Å². The van der Waals surface area contributed by atoms with Crippen LogP contribution in [0.25, 0.3) is 0 Å². The number of ether oxygens (including phenoxy) is 2. The van der Waals surface area contributed by atoms with Crippen LogP contribution in [-0.2, 0) is 9.47 Å². The largest absolute Gasteiger partial charge is 0.379 e. The second-order valence-electron chi connectivity index (χ2n) is 3.60. The highest BCUT2D eigenvalue weighted by molar-refractivity contribution is 6.30. The second kappa shape index (κ2) is 8.23. The van der Waals surface area contributed by atoms with Crippen molar-refractivity contribution in [2.24, 2.45) is 0 Å². The van der Waals surface area contributed by atoms with Gasteiger partial charge in [-0.3, -0.25) is 4.79 Å². The van der Waals surface area contributed by atoms with Gasteiger partial charge in [0.05, 0.1) is 13.2 Å². The Morgan fingerprint density at radius 2 is 1.76 bits per heavy atom. The van der Waals surface area contributed by atoms with Crippen LogP contribution in [0.1, 0.15) is 23.7 Å². The van der Waals surface area contributed by atoms with Gasteiger partial charge in [-0.1, -0.05) is 18.5 Å². The molecule has 0 aliphatic rings. The van der Waals surface area contributed by atoms with E-state index in [0.29, 0.717) is 23.8 Å². The summed E-state index contributed by atoms with van der Waals surface area (Å²) in [5, 5.41) is 0.621. The maximum Gasteiger partial charge on any atom is 0.188 e. The third-order valence-electron chi connectivity index (χ3n) is 2.12. The van der Waals surface area contributed by atoms with E-state index in [9.17, 15) is 4.79 Å². The Hall–Kier alpha value is -0.900. The molecule has 0 aliphatic carbocycles. The molecule has 0 spiro atoms. The van der Waals surface area contributed by atoms with Gasteiger partial charge in [-0.15, -0.1) is 0 Å². The number of ketones is 1. The van der Waals surface area contributed by atoms with E-state index in [1.54, 1.807) is 24.3 Å². The van der Waals surface area contributed by atoms with Crippen LogP contribution in [0, 0.1) is 0 Å². The summed E-state index contributed by atoms with van der Waals surface area (Å²) in [6.45, 7) is 3.83. The molecule has 1 aromatic rings. The molecule has 3 nitrogen and oxygen atoms in total. The third kappa shape index (κ3) is 5.82. The molecule has 0 saturated heterocycles. The fourth-order valence-corrected chi connectivity index (χ4v) is 1.37. The van der Waals surface area contributed by atoms with Crippen LogP contribution in [0.2, 0.25) is 5.02 Å². The van der Waals surface area contributed by atoms with Crippen LogP contribution < -0.4 is 0 Å². The number of carbonyl (C=O) groups excluding carboxylic acids is 1. The number of rotatable bonds is 8. The van der Waals surface area contributed by atoms with Gasteiger partial charge in [0, 0.05) is 17.2 Å². The lowest BCUT2D eigenvalue weighted by atomic mass is 10.1. The Bertz CT molecular complexity index is 335. The average Bonchev–Trinajstić information content (AvgIpc) is 2.34. The number of hydrogen-bond acceptors (Lipinski definition) is 3. The maximum absolute atomic E-state index is 11.6. The second-order valence-corrected chi connectivity index (χ2v) is 4.03. The smallest absolute Gasteiger partial charge is 0.188 e. The molecule has 0 aliphatic heterocycles. The maximum atomic E-state index is 11.6. The molecule has 17 heavy (non-hydrogen) atoms. The van der Waals surface area contributed by atoms with Crippen molar-refractivity contribution in [2.75, 3.05) is 26.4 Å². The first-order chi connectivity index (χ1) is 8.24. The van der Waals surface area contributed by atoms with Gasteiger partial charge in [0.25, 0.3) is 0 Å². The summed E-state index contributed by atoms with van der Waals surface area (Å²) in [7, 11) is 0. The Morgan fingerprint density at radius 1 is 1.12 bits per heavy atom. The van der Waals surface area contributed by atoms with Crippen molar-refractivity contribution < 1.29 is 14.3 Å². The number of benzene rings is 1. The predicted octanol–water partition coefficient (Wildman–Crippen LogP) is 2.97. The van der Waals surface area contributed by atoms with Gasteiger partial charge in [-0.2, -0.15) is 0 Å². The minimum atomic E-state index is -0.0443. The summed E-state index contributed by atoms with van der Waals surface area (Å²) < 4.78 is 10.5. The summed E-state index contributed by atoms with van der Waals surface area (Å²) in [5.41, 5.74) is 0.615. The molecular weight excluding hydrogens is 240 g/mol. The first-order valence-corrected chi connectivity index (χ1v) is 6.06.